The molecule has 1 fully saturated rings. The van der Waals surface area contributed by atoms with E-state index in [4.69, 9.17) is 54.2 Å². The second kappa shape index (κ2) is 25.6. The topological polar surface area (TPSA) is 179 Å². The monoisotopic (exact) mass is 1030 g/mol. The lowest BCUT2D eigenvalue weighted by atomic mass is 10.1. The molecule has 20 heteroatoms. The number of hydrogen-bond donors (Lipinski definition) is 2. The highest BCUT2D eigenvalue weighted by Crippen LogP contribution is 2.42. The molecule has 1 aromatic carbocycles. The largest absolute Gasteiger partial charge is 0.491 e. The zero-order chi connectivity index (χ0) is 51.4. The van der Waals surface area contributed by atoms with Crippen molar-refractivity contribution in [1.29, 1.82) is 0 Å². The second-order valence-electron chi connectivity index (χ2n) is 21.7. The van der Waals surface area contributed by atoms with Gasteiger partial charge in [0.1, 0.15) is 31.3 Å². The fourth-order valence-corrected chi connectivity index (χ4v) is 10.3. The highest BCUT2D eigenvalue weighted by Gasteiger charge is 2.47. The number of hydrogen-bond acceptors (Lipinski definition) is 14. The van der Waals surface area contributed by atoms with E-state index < -0.39 is 46.2 Å². The molecule has 4 atom stereocenters. The van der Waals surface area contributed by atoms with Crippen LogP contribution in [0.4, 0.5) is 0 Å². The number of H-pyrrole nitrogens is 2. The van der Waals surface area contributed by atoms with Crippen LogP contribution in [0, 0.1) is 4.77 Å². The average molecular weight is 1030 g/mol. The van der Waals surface area contributed by atoms with E-state index in [1.54, 1.807) is 0 Å². The maximum absolute atomic E-state index is 13.2. The van der Waals surface area contributed by atoms with Crippen LogP contribution in [0.5, 0.6) is 5.75 Å². The van der Waals surface area contributed by atoms with Crippen molar-refractivity contribution in [2.75, 3.05) is 79.2 Å². The van der Waals surface area contributed by atoms with E-state index in [1.807, 2.05) is 12.1 Å². The summed E-state index contributed by atoms with van der Waals surface area (Å²) >= 11 is 5.68. The molecule has 3 aromatic rings. The number of carbonyl (C=O) groups is 1. The summed E-state index contributed by atoms with van der Waals surface area (Å²) in [6.07, 6.45) is 2.83. The third-order valence-electron chi connectivity index (χ3n) is 14.1. The molecule has 4 heterocycles. The summed E-state index contributed by atoms with van der Waals surface area (Å²) in [7, 11) is -4.32. The fourth-order valence-electron chi connectivity index (χ4n) is 7.68. The van der Waals surface area contributed by atoms with E-state index in [2.05, 4.69) is 114 Å². The molecular weight excluding hydrogens is 951 g/mol. The van der Waals surface area contributed by atoms with Crippen LogP contribution in [0.1, 0.15) is 92.5 Å². The van der Waals surface area contributed by atoms with Gasteiger partial charge in [-0.15, -0.1) is 0 Å². The normalized spacial score (nSPS) is 19.2. The lowest BCUT2D eigenvalue weighted by Gasteiger charge is -2.40. The number of nitrogens with zero attached hydrogens (tertiary/aromatic N) is 3. The van der Waals surface area contributed by atoms with E-state index in [0.29, 0.717) is 71.9 Å². The van der Waals surface area contributed by atoms with Gasteiger partial charge in [-0.25, -0.2) is 4.79 Å². The molecule has 1 saturated heterocycles. The van der Waals surface area contributed by atoms with Crippen molar-refractivity contribution in [3.05, 3.63) is 66.7 Å². The van der Waals surface area contributed by atoms with Gasteiger partial charge < -0.3 is 51.6 Å². The number of rotatable bonds is 27. The number of aromatic amines is 2. The molecule has 2 aromatic heterocycles. The number of aromatic nitrogens is 4. The van der Waals surface area contributed by atoms with E-state index in [1.165, 1.54) is 16.3 Å². The molecule has 0 amide bonds. The minimum absolute atomic E-state index is 0.00896. The van der Waals surface area contributed by atoms with Crippen LogP contribution in [-0.4, -0.2) is 144 Å². The first kappa shape index (κ1) is 57.6. The van der Waals surface area contributed by atoms with Crippen LogP contribution in [-0.2, 0) is 61.6 Å². The summed E-state index contributed by atoms with van der Waals surface area (Å²) in [5, 5.41) is -0.0265. The van der Waals surface area contributed by atoms with Gasteiger partial charge in [0.25, 0.3) is 5.56 Å². The van der Waals surface area contributed by atoms with Gasteiger partial charge in [-0.3, -0.25) is 24.0 Å². The molecule has 0 aliphatic carbocycles. The van der Waals surface area contributed by atoms with E-state index in [9.17, 15) is 14.4 Å². The van der Waals surface area contributed by atoms with Crippen LogP contribution in [0.15, 0.2) is 39.6 Å². The first-order valence-corrected chi connectivity index (χ1v) is 31.1. The number of carbonyl (C=O) groups excluding carboxylic acids is 1. The van der Waals surface area contributed by atoms with Crippen molar-refractivity contribution in [3.63, 3.8) is 0 Å². The summed E-state index contributed by atoms with van der Waals surface area (Å²) in [5.41, 5.74) is 3.71. The molecule has 2 N–H and O–H groups in total. The van der Waals surface area contributed by atoms with Gasteiger partial charge in [0.2, 0.25) is 0 Å². The Labute approximate surface area is 422 Å². The van der Waals surface area contributed by atoms with Crippen molar-refractivity contribution < 1.29 is 46.8 Å². The van der Waals surface area contributed by atoms with Crippen molar-refractivity contribution >= 4 is 45.9 Å². The fraction of sp³-hybridized carbons (Fsp3) is 0.720. The van der Waals surface area contributed by atoms with Gasteiger partial charge in [0, 0.05) is 55.8 Å². The molecule has 0 radical (unpaired) electrons. The van der Waals surface area contributed by atoms with E-state index >= 15 is 0 Å². The molecule has 2 aliphatic heterocycles. The van der Waals surface area contributed by atoms with Crippen molar-refractivity contribution in [1.82, 2.24) is 24.0 Å². The molecule has 394 valence electrons. The van der Waals surface area contributed by atoms with Gasteiger partial charge in [-0.1, -0.05) is 53.2 Å². The number of benzene rings is 1. The minimum atomic E-state index is -2.21. The first-order valence-electron chi connectivity index (χ1n) is 24.9. The second-order valence-corrected chi connectivity index (χ2v) is 31.7. The smallest absolute Gasteiger partial charge is 0.330 e. The number of allylic oxidation sites excluding steroid dienone is 1. The number of esters is 1. The Balaban J connectivity index is 0.936. The number of imidazole rings is 1. The van der Waals surface area contributed by atoms with Crippen LogP contribution < -0.4 is 16.0 Å². The Bertz CT molecular complexity index is 2380. The van der Waals surface area contributed by atoms with E-state index in [-0.39, 0.29) is 47.8 Å². The predicted molar refractivity (Wildman–Crippen MR) is 280 cm³/mol. The molecule has 0 saturated carbocycles. The molecule has 70 heavy (non-hydrogen) atoms. The third-order valence-corrected chi connectivity index (χ3v) is 23.4. The van der Waals surface area contributed by atoms with Crippen molar-refractivity contribution in [3.8, 4) is 5.75 Å². The van der Waals surface area contributed by atoms with Crippen LogP contribution in [0.2, 0.25) is 36.3 Å². The molecule has 2 aliphatic rings. The average Bonchev–Trinajstić information content (AvgIpc) is 3.76. The van der Waals surface area contributed by atoms with Gasteiger partial charge >= 0.3 is 11.7 Å². The highest BCUT2D eigenvalue weighted by molar-refractivity contribution is 7.71. The summed E-state index contributed by atoms with van der Waals surface area (Å²) in [6.45, 7) is 34.6. The quantitative estimate of drug-likeness (QED) is 0.0246. The Morgan fingerprint density at radius 2 is 1.46 bits per heavy atom. The molecule has 0 spiro atoms. The molecule has 0 unspecified atom stereocenters. The van der Waals surface area contributed by atoms with Gasteiger partial charge in [-0.2, -0.15) is 0 Å². The Morgan fingerprint density at radius 3 is 2.06 bits per heavy atom. The van der Waals surface area contributed by atoms with Crippen molar-refractivity contribution in [2.45, 2.75) is 155 Å². The van der Waals surface area contributed by atoms with Crippen LogP contribution in [0.25, 0.3) is 11.0 Å². The standard InChI is InChI=1S/C50H83N5O12SSi2/c1-35(2)18-19-53-33-38-40(16-15-39-45(38)55(31-36(53)3)48(68)51-39)63-28-26-61-24-22-59-20-21-60-23-25-62-27-29-64-44(56)17-14-37-32-54(47(58)52-46(37)57)43-30-41(67-70(12,13)50(7,8)9)42(66-43)34-65-69(10,11)49(4,5)6/h15-16,18,32,36,41-43H,14,17,19-31,33-34H2,1-13H3,(H,51,68)(H,52,57,58)/t36-,41-,42+,43+/m0/s1. The van der Waals surface area contributed by atoms with Gasteiger partial charge in [0.15, 0.2) is 21.4 Å². The summed E-state index contributed by atoms with van der Waals surface area (Å²) in [5.74, 6) is 0.361. The van der Waals surface area contributed by atoms with Crippen LogP contribution in [0.3, 0.4) is 0 Å². The summed E-state index contributed by atoms with van der Waals surface area (Å²) < 4.78 is 58.5. The Kier molecular flexibility index (Phi) is 21.1. The highest BCUT2D eigenvalue weighted by atomic mass is 32.1. The Hall–Kier alpha value is -3.29. The third kappa shape index (κ3) is 16.1. The van der Waals surface area contributed by atoms with E-state index in [0.717, 1.165) is 46.8 Å². The maximum atomic E-state index is 13.2. The number of ether oxygens (including phenoxy) is 7. The maximum Gasteiger partial charge on any atom is 0.330 e. The lowest BCUT2D eigenvalue weighted by molar-refractivity contribution is -0.145. The molecule has 17 nitrogen and oxygen atoms in total. The van der Waals surface area contributed by atoms with Crippen LogP contribution >= 0.6 is 12.2 Å². The predicted octanol–water partition coefficient (Wildman–Crippen LogP) is 8.04. The Morgan fingerprint density at radius 1 is 0.857 bits per heavy atom. The number of aryl methyl sites for hydroxylation is 1. The molecular formula is C50H83N5O12SSi2. The summed E-state index contributed by atoms with van der Waals surface area (Å²) in [6, 6.07) is 4.36. The first-order chi connectivity index (χ1) is 32.9. The molecule has 0 bridgehead atoms. The van der Waals surface area contributed by atoms with Gasteiger partial charge in [-0.05, 0) is 87.8 Å². The lowest BCUT2D eigenvalue weighted by Crippen LogP contribution is -2.48. The molecule has 5 rings (SSSR count). The van der Waals surface area contributed by atoms with Crippen molar-refractivity contribution in [2.24, 2.45) is 0 Å². The SMILES string of the molecule is CC(C)=CCN1Cc2c(OCCOCCOCCOCCOCCOC(=O)CCc3cn([C@H]4C[C@H](O[Si](C)(C)C(C)(C)C)[C@@H](CO[Si](C)(C)C(C)(C)C)O4)c(=O)[nH]c3=O)ccc3[nH]c(=S)n(c23)C[C@@H]1C. The zero-order valence-corrected chi connectivity index (χ0v) is 47.1. The minimum Gasteiger partial charge on any atom is -0.491 e. The number of nitrogens with one attached hydrogen (secondary N) is 2. The zero-order valence-electron chi connectivity index (χ0n) is 44.3. The van der Waals surface area contributed by atoms with Gasteiger partial charge in [0.05, 0.1) is 76.6 Å². The summed E-state index contributed by atoms with van der Waals surface area (Å²) in [4.78, 5) is 46.9.